The Balaban J connectivity index is 1.80. The van der Waals surface area contributed by atoms with E-state index in [-0.39, 0.29) is 17.7 Å². The van der Waals surface area contributed by atoms with Crippen molar-refractivity contribution in [1.82, 2.24) is 0 Å². The lowest BCUT2D eigenvalue weighted by Crippen LogP contribution is -2.35. The van der Waals surface area contributed by atoms with Gasteiger partial charge < -0.3 is 10.0 Å². The number of thioether (sulfide) groups is 1. The summed E-state index contributed by atoms with van der Waals surface area (Å²) in [5.74, 6) is -2.04. The number of hydrogen-bond acceptors (Lipinski definition) is 5. The number of benzene rings is 2. The van der Waals surface area contributed by atoms with Crippen LogP contribution in [0.1, 0.15) is 27.9 Å². The number of carbonyl (C=O) groups is 4. The van der Waals surface area contributed by atoms with Crippen molar-refractivity contribution in [3.05, 3.63) is 59.2 Å². The molecular weight excluding hydrogens is 392 g/mol. The van der Waals surface area contributed by atoms with Crippen molar-refractivity contribution >= 4 is 46.2 Å². The lowest BCUT2D eigenvalue weighted by molar-refractivity contribution is -0.122. The van der Waals surface area contributed by atoms with Crippen LogP contribution < -0.4 is 9.80 Å². The molecule has 0 saturated carbocycles. The van der Waals surface area contributed by atoms with Gasteiger partial charge in [0.1, 0.15) is 5.25 Å². The second kappa shape index (κ2) is 8.08. The van der Waals surface area contributed by atoms with Crippen molar-refractivity contribution < 1.29 is 24.3 Å². The van der Waals surface area contributed by atoms with E-state index >= 15 is 0 Å². The molecule has 8 heteroatoms. The van der Waals surface area contributed by atoms with E-state index in [0.29, 0.717) is 5.69 Å². The first-order valence-electron chi connectivity index (χ1n) is 8.91. The Morgan fingerprint density at radius 1 is 1.14 bits per heavy atom. The molecule has 29 heavy (non-hydrogen) atoms. The van der Waals surface area contributed by atoms with Gasteiger partial charge in [-0.15, -0.1) is 0 Å². The molecular formula is C21H20N2O5S. The molecule has 1 aliphatic rings. The number of imide groups is 1. The first-order valence-corrected chi connectivity index (χ1v) is 9.79. The van der Waals surface area contributed by atoms with Gasteiger partial charge in [-0.25, -0.2) is 9.69 Å². The monoisotopic (exact) mass is 412 g/mol. The summed E-state index contributed by atoms with van der Waals surface area (Å²) in [6.07, 6.45) is -0.207. The van der Waals surface area contributed by atoms with Crippen LogP contribution in [0.5, 0.6) is 0 Å². The third kappa shape index (κ3) is 4.02. The van der Waals surface area contributed by atoms with Gasteiger partial charge in [-0.05, 0) is 54.9 Å². The summed E-state index contributed by atoms with van der Waals surface area (Å²) >= 11 is 0.816. The van der Waals surface area contributed by atoms with Crippen LogP contribution in [0, 0.1) is 13.8 Å². The molecule has 3 amide bonds. The van der Waals surface area contributed by atoms with Gasteiger partial charge in [-0.2, -0.15) is 0 Å². The Morgan fingerprint density at radius 2 is 1.83 bits per heavy atom. The second-order valence-corrected chi connectivity index (χ2v) is 7.97. The quantitative estimate of drug-likeness (QED) is 0.806. The van der Waals surface area contributed by atoms with E-state index in [1.165, 1.54) is 24.1 Å². The molecule has 0 radical (unpaired) electrons. The van der Waals surface area contributed by atoms with Gasteiger partial charge in [-0.3, -0.25) is 14.4 Å². The summed E-state index contributed by atoms with van der Waals surface area (Å²) < 4.78 is 0. The maximum atomic E-state index is 12.9. The topological polar surface area (TPSA) is 95.0 Å². The summed E-state index contributed by atoms with van der Waals surface area (Å²) in [7, 11) is 1.46. The van der Waals surface area contributed by atoms with Gasteiger partial charge in [0.15, 0.2) is 0 Å². The van der Waals surface area contributed by atoms with E-state index in [2.05, 4.69) is 0 Å². The molecule has 1 saturated heterocycles. The van der Waals surface area contributed by atoms with Crippen molar-refractivity contribution in [2.24, 2.45) is 0 Å². The van der Waals surface area contributed by atoms with Crippen LogP contribution >= 0.6 is 11.8 Å². The third-order valence-electron chi connectivity index (χ3n) is 4.76. The number of carboxylic acid groups (broad SMARTS) is 1. The van der Waals surface area contributed by atoms with Crippen molar-refractivity contribution in [3.8, 4) is 0 Å². The normalized spacial score (nSPS) is 16.2. The standard InChI is InChI=1S/C21H20N2O5S/c1-12-8-9-13(2)16(10-12)23-19(25)17(29-21(23)28)11-18(24)22(3)15-7-5-4-6-14(15)20(26)27/h4-10,17H,11H2,1-3H3,(H,26,27). The van der Waals surface area contributed by atoms with Crippen LogP contribution in [0.25, 0.3) is 0 Å². The van der Waals surface area contributed by atoms with E-state index in [1.54, 1.807) is 18.2 Å². The van der Waals surface area contributed by atoms with Gasteiger partial charge in [0.2, 0.25) is 11.8 Å². The minimum atomic E-state index is -1.15. The van der Waals surface area contributed by atoms with Crippen LogP contribution in [0.3, 0.4) is 0 Å². The smallest absolute Gasteiger partial charge is 0.337 e. The molecule has 1 heterocycles. The number of carboxylic acids is 1. The van der Waals surface area contributed by atoms with E-state index < -0.39 is 28.3 Å². The van der Waals surface area contributed by atoms with Crippen LogP contribution in [-0.4, -0.2) is 40.4 Å². The van der Waals surface area contributed by atoms with Crippen LogP contribution in [0.4, 0.5) is 16.2 Å². The molecule has 0 aromatic heterocycles. The predicted molar refractivity (Wildman–Crippen MR) is 112 cm³/mol. The van der Waals surface area contributed by atoms with Gasteiger partial charge >= 0.3 is 5.97 Å². The SMILES string of the molecule is Cc1ccc(C)c(N2C(=O)SC(CC(=O)N(C)c3ccccc3C(=O)O)C2=O)c1. The first-order chi connectivity index (χ1) is 13.7. The maximum absolute atomic E-state index is 12.9. The fourth-order valence-electron chi connectivity index (χ4n) is 3.14. The van der Waals surface area contributed by atoms with Crippen molar-refractivity contribution in [3.63, 3.8) is 0 Å². The number of hydrogen-bond donors (Lipinski definition) is 1. The molecule has 0 aliphatic carbocycles. The van der Waals surface area contributed by atoms with Gasteiger partial charge in [0.25, 0.3) is 5.24 Å². The average Bonchev–Trinajstić information content (AvgIpc) is 2.96. The van der Waals surface area contributed by atoms with Gasteiger partial charge in [0.05, 0.1) is 16.9 Å². The number of anilines is 2. The lowest BCUT2D eigenvalue weighted by atomic mass is 10.1. The highest BCUT2D eigenvalue weighted by Crippen LogP contribution is 2.36. The van der Waals surface area contributed by atoms with E-state index in [0.717, 1.165) is 27.8 Å². The molecule has 2 aromatic carbocycles. The molecule has 150 valence electrons. The fraction of sp³-hybridized carbons (Fsp3) is 0.238. The van der Waals surface area contributed by atoms with E-state index in [1.807, 2.05) is 26.0 Å². The van der Waals surface area contributed by atoms with Crippen LogP contribution in [0.15, 0.2) is 42.5 Å². The number of aryl methyl sites for hydroxylation is 2. The van der Waals surface area contributed by atoms with Gasteiger partial charge in [-0.1, -0.05) is 24.3 Å². The predicted octanol–water partition coefficient (Wildman–Crippen LogP) is 3.62. The highest BCUT2D eigenvalue weighted by atomic mass is 32.2. The summed E-state index contributed by atoms with van der Waals surface area (Å²) in [6.45, 7) is 3.69. The minimum Gasteiger partial charge on any atom is -0.478 e. The zero-order valence-corrected chi connectivity index (χ0v) is 17.0. The summed E-state index contributed by atoms with van der Waals surface area (Å²) in [5, 5.41) is 8.05. The highest BCUT2D eigenvalue weighted by molar-refractivity contribution is 8.15. The van der Waals surface area contributed by atoms with Crippen molar-refractivity contribution in [2.45, 2.75) is 25.5 Å². The second-order valence-electron chi connectivity index (χ2n) is 6.82. The number of amides is 3. The molecule has 0 spiro atoms. The molecule has 1 unspecified atom stereocenters. The van der Waals surface area contributed by atoms with Gasteiger partial charge in [0, 0.05) is 13.5 Å². The van der Waals surface area contributed by atoms with Crippen LogP contribution in [-0.2, 0) is 9.59 Å². The molecule has 1 aliphatic heterocycles. The number of para-hydroxylation sites is 1. The summed E-state index contributed by atoms with van der Waals surface area (Å²) in [5.41, 5.74) is 2.45. The molecule has 1 atom stereocenters. The Bertz CT molecular complexity index is 1020. The zero-order valence-electron chi connectivity index (χ0n) is 16.2. The molecule has 0 bridgehead atoms. The average molecular weight is 412 g/mol. The number of aromatic carboxylic acids is 1. The van der Waals surface area contributed by atoms with Crippen LogP contribution in [0.2, 0.25) is 0 Å². The van der Waals surface area contributed by atoms with E-state index in [4.69, 9.17) is 0 Å². The highest BCUT2D eigenvalue weighted by Gasteiger charge is 2.42. The molecule has 1 N–H and O–H groups in total. The first kappa shape index (κ1) is 20.6. The summed E-state index contributed by atoms with van der Waals surface area (Å²) in [6, 6.07) is 11.6. The van der Waals surface area contributed by atoms with Crippen molar-refractivity contribution in [1.29, 1.82) is 0 Å². The Labute approximate surface area is 172 Å². The maximum Gasteiger partial charge on any atom is 0.337 e. The Morgan fingerprint density at radius 3 is 2.52 bits per heavy atom. The Hall–Kier alpha value is -3.13. The minimum absolute atomic E-state index is 0.0122. The van der Waals surface area contributed by atoms with Crippen molar-refractivity contribution in [2.75, 3.05) is 16.8 Å². The largest absolute Gasteiger partial charge is 0.478 e. The lowest BCUT2D eigenvalue weighted by Gasteiger charge is -2.21. The molecule has 7 nitrogen and oxygen atoms in total. The fourth-order valence-corrected chi connectivity index (χ4v) is 4.11. The molecule has 3 rings (SSSR count). The summed E-state index contributed by atoms with van der Waals surface area (Å²) in [4.78, 5) is 51.8. The Kier molecular flexibility index (Phi) is 5.74. The molecule has 2 aromatic rings. The molecule has 1 fully saturated rings. The van der Waals surface area contributed by atoms with E-state index in [9.17, 15) is 24.3 Å². The number of rotatable bonds is 5. The number of carbonyl (C=O) groups excluding carboxylic acids is 3. The number of nitrogens with zero attached hydrogens (tertiary/aromatic N) is 2. The third-order valence-corrected chi connectivity index (χ3v) is 5.79. The zero-order chi connectivity index (χ0) is 21.3.